The lowest BCUT2D eigenvalue weighted by atomic mass is 9.94. The van der Waals surface area contributed by atoms with E-state index >= 15 is 0 Å². The fourth-order valence-corrected chi connectivity index (χ4v) is 1.81. The number of nitrogens with two attached hydrogens (primary N) is 1. The molecule has 0 spiro atoms. The van der Waals surface area contributed by atoms with Crippen molar-refractivity contribution in [2.45, 2.75) is 18.8 Å². The second-order valence-electron chi connectivity index (χ2n) is 3.73. The third-order valence-electron chi connectivity index (χ3n) is 2.75. The molecule has 0 amide bonds. The molecule has 1 aromatic rings. The number of para-hydroxylation sites is 1. The summed E-state index contributed by atoms with van der Waals surface area (Å²) in [4.78, 5) is 0. The maximum Gasteiger partial charge on any atom is 0.0966 e. The minimum absolute atomic E-state index is 0.0428. The van der Waals surface area contributed by atoms with Crippen LogP contribution in [0.4, 0.5) is 10.1 Å². The molecular weight excluding hydrogens is 165 g/mol. The van der Waals surface area contributed by atoms with E-state index in [0.717, 1.165) is 24.1 Å². The van der Waals surface area contributed by atoms with Gasteiger partial charge in [0.25, 0.3) is 0 Å². The molecular formula is C11H14FN. The van der Waals surface area contributed by atoms with Crippen LogP contribution in [0, 0.1) is 5.92 Å². The summed E-state index contributed by atoms with van der Waals surface area (Å²) in [7, 11) is 0. The maximum absolute atomic E-state index is 12.8. The first-order valence-corrected chi connectivity index (χ1v) is 4.73. The van der Waals surface area contributed by atoms with E-state index in [1.54, 1.807) is 0 Å². The average Bonchev–Trinajstić information content (AvgIpc) is 2.93. The van der Waals surface area contributed by atoms with Crippen LogP contribution in [0.3, 0.4) is 0 Å². The molecule has 1 aliphatic rings. The number of benzene rings is 1. The van der Waals surface area contributed by atoms with E-state index in [0.29, 0.717) is 5.92 Å². The molecule has 0 aliphatic heterocycles. The minimum Gasteiger partial charge on any atom is -0.398 e. The van der Waals surface area contributed by atoms with E-state index in [2.05, 4.69) is 0 Å². The number of hydrogen-bond acceptors (Lipinski definition) is 1. The van der Waals surface area contributed by atoms with Gasteiger partial charge in [0.2, 0.25) is 0 Å². The van der Waals surface area contributed by atoms with E-state index in [1.165, 1.54) is 0 Å². The lowest BCUT2D eigenvalue weighted by Crippen LogP contribution is -2.06. The molecule has 0 aromatic heterocycles. The molecule has 70 valence electrons. The lowest BCUT2D eigenvalue weighted by molar-refractivity contribution is 0.404. The fourth-order valence-electron chi connectivity index (χ4n) is 1.81. The zero-order valence-corrected chi connectivity index (χ0v) is 7.54. The highest BCUT2D eigenvalue weighted by molar-refractivity contribution is 5.49. The molecule has 1 atom stereocenters. The Bertz CT molecular complexity index is 294. The number of hydrogen-bond donors (Lipinski definition) is 1. The number of halogens is 1. The molecule has 2 heteroatoms. The smallest absolute Gasteiger partial charge is 0.0966 e. The van der Waals surface area contributed by atoms with Gasteiger partial charge in [-0.2, -0.15) is 0 Å². The Morgan fingerprint density at radius 1 is 1.38 bits per heavy atom. The molecule has 1 fully saturated rings. The predicted octanol–water partition coefficient (Wildman–Crippen LogP) is 2.73. The van der Waals surface area contributed by atoms with Crippen LogP contribution in [0.15, 0.2) is 24.3 Å². The molecule has 1 unspecified atom stereocenters. The third-order valence-corrected chi connectivity index (χ3v) is 2.75. The summed E-state index contributed by atoms with van der Waals surface area (Å²) in [5.41, 5.74) is 7.52. The van der Waals surface area contributed by atoms with Gasteiger partial charge in [-0.1, -0.05) is 18.2 Å². The van der Waals surface area contributed by atoms with Crippen molar-refractivity contribution in [3.63, 3.8) is 0 Å². The van der Waals surface area contributed by atoms with Crippen LogP contribution in [0.25, 0.3) is 0 Å². The van der Waals surface area contributed by atoms with Gasteiger partial charge >= 0.3 is 0 Å². The van der Waals surface area contributed by atoms with Crippen molar-refractivity contribution in [3.05, 3.63) is 29.8 Å². The normalized spacial score (nSPS) is 18.5. The Balaban J connectivity index is 2.26. The van der Waals surface area contributed by atoms with E-state index < -0.39 is 0 Å². The summed E-state index contributed by atoms with van der Waals surface area (Å²) in [6.45, 7) is -0.279. The highest BCUT2D eigenvalue weighted by atomic mass is 19.1. The fraction of sp³-hybridized carbons (Fsp3) is 0.455. The van der Waals surface area contributed by atoms with Gasteiger partial charge in [-0.05, 0) is 30.4 Å². The zero-order valence-electron chi connectivity index (χ0n) is 7.54. The summed E-state index contributed by atoms with van der Waals surface area (Å²) in [5.74, 6) is 0.580. The molecule has 0 bridgehead atoms. The van der Waals surface area contributed by atoms with Gasteiger partial charge in [-0.25, -0.2) is 0 Å². The topological polar surface area (TPSA) is 26.0 Å². The van der Waals surface area contributed by atoms with Crippen molar-refractivity contribution < 1.29 is 4.39 Å². The van der Waals surface area contributed by atoms with Crippen LogP contribution in [-0.4, -0.2) is 6.67 Å². The molecule has 2 N–H and O–H groups in total. The molecule has 1 aliphatic carbocycles. The summed E-state index contributed by atoms with van der Waals surface area (Å²) < 4.78 is 12.8. The number of alkyl halides is 1. The van der Waals surface area contributed by atoms with Crippen molar-refractivity contribution in [3.8, 4) is 0 Å². The zero-order chi connectivity index (χ0) is 9.26. The van der Waals surface area contributed by atoms with Crippen LogP contribution in [0.1, 0.15) is 24.3 Å². The maximum atomic E-state index is 12.8. The Hall–Kier alpha value is -1.05. The highest BCUT2D eigenvalue weighted by Gasteiger charge is 2.32. The van der Waals surface area contributed by atoms with Crippen molar-refractivity contribution in [1.29, 1.82) is 0 Å². The lowest BCUT2D eigenvalue weighted by Gasteiger charge is -2.14. The first-order chi connectivity index (χ1) is 6.33. The number of rotatable bonds is 3. The summed E-state index contributed by atoms with van der Waals surface area (Å²) >= 11 is 0. The highest BCUT2D eigenvalue weighted by Crippen LogP contribution is 2.44. The molecule has 1 aromatic carbocycles. The van der Waals surface area contributed by atoms with Gasteiger partial charge in [0, 0.05) is 11.6 Å². The van der Waals surface area contributed by atoms with Gasteiger partial charge in [0.05, 0.1) is 6.67 Å². The van der Waals surface area contributed by atoms with Gasteiger partial charge in [-0.3, -0.25) is 4.39 Å². The molecule has 0 heterocycles. The summed E-state index contributed by atoms with van der Waals surface area (Å²) in [6, 6.07) is 7.61. The van der Waals surface area contributed by atoms with Crippen molar-refractivity contribution in [2.75, 3.05) is 12.4 Å². The Labute approximate surface area is 77.8 Å². The third kappa shape index (κ3) is 1.67. The van der Waals surface area contributed by atoms with E-state index in [4.69, 9.17) is 5.73 Å². The van der Waals surface area contributed by atoms with Crippen molar-refractivity contribution >= 4 is 5.69 Å². The Kier molecular flexibility index (Phi) is 2.21. The minimum atomic E-state index is -0.279. The van der Waals surface area contributed by atoms with Crippen LogP contribution in [0.5, 0.6) is 0 Å². The predicted molar refractivity (Wildman–Crippen MR) is 52.3 cm³/mol. The molecule has 2 rings (SSSR count). The first-order valence-electron chi connectivity index (χ1n) is 4.73. The van der Waals surface area contributed by atoms with E-state index in [-0.39, 0.29) is 12.6 Å². The van der Waals surface area contributed by atoms with E-state index in [1.807, 2.05) is 24.3 Å². The number of anilines is 1. The molecule has 13 heavy (non-hydrogen) atoms. The van der Waals surface area contributed by atoms with Gasteiger partial charge in [-0.15, -0.1) is 0 Å². The number of nitrogen functional groups attached to an aromatic ring is 1. The molecule has 0 saturated heterocycles. The molecule has 1 saturated carbocycles. The second kappa shape index (κ2) is 3.36. The van der Waals surface area contributed by atoms with Crippen molar-refractivity contribution in [1.82, 2.24) is 0 Å². The van der Waals surface area contributed by atoms with E-state index in [9.17, 15) is 4.39 Å². The van der Waals surface area contributed by atoms with Crippen LogP contribution in [0.2, 0.25) is 0 Å². The van der Waals surface area contributed by atoms with Crippen LogP contribution >= 0.6 is 0 Å². The monoisotopic (exact) mass is 179 g/mol. The molecule has 0 radical (unpaired) electrons. The first kappa shape index (κ1) is 8.54. The van der Waals surface area contributed by atoms with Gasteiger partial charge in [0.1, 0.15) is 0 Å². The summed E-state index contributed by atoms with van der Waals surface area (Å²) in [5, 5.41) is 0. The summed E-state index contributed by atoms with van der Waals surface area (Å²) in [6.07, 6.45) is 2.31. The second-order valence-corrected chi connectivity index (χ2v) is 3.73. The Morgan fingerprint density at radius 3 is 2.62 bits per heavy atom. The standard InChI is InChI=1S/C11H14FN/c12-7-10(8-5-6-8)9-3-1-2-4-11(9)13/h1-4,8,10H,5-7,13H2. The molecule has 1 nitrogen and oxygen atoms in total. The van der Waals surface area contributed by atoms with Crippen LogP contribution < -0.4 is 5.73 Å². The van der Waals surface area contributed by atoms with Crippen LogP contribution in [-0.2, 0) is 0 Å². The van der Waals surface area contributed by atoms with Gasteiger partial charge < -0.3 is 5.73 Å². The van der Waals surface area contributed by atoms with Gasteiger partial charge in [0.15, 0.2) is 0 Å². The van der Waals surface area contributed by atoms with Crippen molar-refractivity contribution in [2.24, 2.45) is 5.92 Å². The average molecular weight is 179 g/mol. The Morgan fingerprint density at radius 2 is 2.08 bits per heavy atom. The quantitative estimate of drug-likeness (QED) is 0.709. The SMILES string of the molecule is Nc1ccccc1C(CF)C1CC1. The largest absolute Gasteiger partial charge is 0.398 e.